The van der Waals surface area contributed by atoms with E-state index in [9.17, 15) is 23.2 Å². The molecule has 1 fully saturated rings. The maximum atomic E-state index is 13.1. The molecule has 1 saturated carbocycles. The van der Waals surface area contributed by atoms with Gasteiger partial charge >= 0.3 is 5.97 Å². The summed E-state index contributed by atoms with van der Waals surface area (Å²) in [6, 6.07) is 3.00. The van der Waals surface area contributed by atoms with Crippen LogP contribution in [0.15, 0.2) is 18.2 Å². The number of carbonyl (C=O) groups excluding carboxylic acids is 2. The van der Waals surface area contributed by atoms with Gasteiger partial charge in [-0.2, -0.15) is 0 Å². The first-order valence-electron chi connectivity index (χ1n) is 8.53. The minimum atomic E-state index is -1.09. The fourth-order valence-corrected chi connectivity index (χ4v) is 3.02. The first kappa shape index (κ1) is 20.0. The maximum absolute atomic E-state index is 13.1. The Balaban J connectivity index is 1.72. The summed E-state index contributed by atoms with van der Waals surface area (Å²) in [7, 11) is 0. The van der Waals surface area contributed by atoms with Crippen molar-refractivity contribution in [1.29, 1.82) is 0 Å². The van der Waals surface area contributed by atoms with Gasteiger partial charge in [0.1, 0.15) is 0 Å². The number of amides is 1. The number of nitrogens with zero attached hydrogens (tertiary/aromatic N) is 1. The van der Waals surface area contributed by atoms with Crippen LogP contribution in [0.1, 0.15) is 43.0 Å². The Morgan fingerprint density at radius 2 is 1.88 bits per heavy atom. The van der Waals surface area contributed by atoms with E-state index < -0.39 is 23.4 Å². The topological polar surface area (TPSA) is 86.7 Å². The highest BCUT2D eigenvalue weighted by atomic mass is 19.2. The molecule has 1 amide bonds. The number of Topliss-reactive ketones (excluding diaryl/α,β-unsaturated/α-hetero) is 1. The number of ketones is 1. The molecule has 142 valence electrons. The van der Waals surface area contributed by atoms with Gasteiger partial charge in [-0.1, -0.05) is 6.92 Å². The minimum absolute atomic E-state index is 0.0232. The van der Waals surface area contributed by atoms with Crippen molar-refractivity contribution in [3.05, 3.63) is 35.4 Å². The van der Waals surface area contributed by atoms with Gasteiger partial charge in [0.15, 0.2) is 17.4 Å². The van der Waals surface area contributed by atoms with Crippen molar-refractivity contribution in [3.8, 4) is 0 Å². The summed E-state index contributed by atoms with van der Waals surface area (Å²) in [4.78, 5) is 36.5. The van der Waals surface area contributed by atoms with Crippen LogP contribution in [-0.4, -0.2) is 52.8 Å². The molecule has 8 heteroatoms. The molecule has 6 nitrogen and oxygen atoms in total. The van der Waals surface area contributed by atoms with Gasteiger partial charge in [0.25, 0.3) is 0 Å². The van der Waals surface area contributed by atoms with Gasteiger partial charge < -0.3 is 10.4 Å². The Hall–Kier alpha value is -2.35. The molecule has 2 rings (SSSR count). The van der Waals surface area contributed by atoms with Crippen LogP contribution in [0.3, 0.4) is 0 Å². The fraction of sp³-hybridized carbons (Fsp3) is 0.500. The molecule has 0 aliphatic heterocycles. The van der Waals surface area contributed by atoms with E-state index in [1.165, 1.54) is 6.07 Å². The Morgan fingerprint density at radius 1 is 1.19 bits per heavy atom. The van der Waals surface area contributed by atoms with Crippen molar-refractivity contribution >= 4 is 17.7 Å². The lowest BCUT2D eigenvalue weighted by molar-refractivity contribution is -0.139. The number of benzene rings is 1. The van der Waals surface area contributed by atoms with Crippen LogP contribution < -0.4 is 5.32 Å². The summed E-state index contributed by atoms with van der Waals surface area (Å²) < 4.78 is 26.0. The van der Waals surface area contributed by atoms with Gasteiger partial charge in [-0.25, -0.2) is 8.78 Å². The second-order valence-corrected chi connectivity index (χ2v) is 6.40. The maximum Gasteiger partial charge on any atom is 0.317 e. The van der Waals surface area contributed by atoms with Crippen molar-refractivity contribution in [3.63, 3.8) is 0 Å². The molecule has 1 aromatic rings. The summed E-state index contributed by atoms with van der Waals surface area (Å²) >= 11 is 0. The SMILES string of the molecule is CCN(CC(=O)O)C1CC(NC(=O)CCC(=O)c2ccc(F)c(F)c2)C1. The predicted octanol–water partition coefficient (Wildman–Crippen LogP) is 1.98. The molecule has 1 aliphatic rings. The first-order valence-corrected chi connectivity index (χ1v) is 8.53. The van der Waals surface area contributed by atoms with Crippen LogP contribution in [0, 0.1) is 11.6 Å². The molecule has 2 N–H and O–H groups in total. The van der Waals surface area contributed by atoms with Gasteiger partial charge in [0, 0.05) is 30.5 Å². The summed E-state index contributed by atoms with van der Waals surface area (Å²) in [5, 5.41) is 11.7. The number of halogens is 2. The zero-order valence-electron chi connectivity index (χ0n) is 14.5. The summed E-state index contributed by atoms with van der Waals surface area (Å²) in [6.07, 6.45) is 1.22. The van der Waals surface area contributed by atoms with Crippen LogP contribution in [-0.2, 0) is 9.59 Å². The van der Waals surface area contributed by atoms with Crippen LogP contribution in [0.2, 0.25) is 0 Å². The molecule has 1 aromatic carbocycles. The molecule has 0 aromatic heterocycles. The fourth-order valence-electron chi connectivity index (χ4n) is 3.02. The van der Waals surface area contributed by atoms with E-state index in [1.54, 1.807) is 0 Å². The molecule has 0 bridgehead atoms. The van der Waals surface area contributed by atoms with Gasteiger partial charge in [0.05, 0.1) is 6.54 Å². The second kappa shape index (κ2) is 8.84. The van der Waals surface area contributed by atoms with E-state index in [0.717, 1.165) is 12.1 Å². The number of carbonyl (C=O) groups is 3. The Kier molecular flexibility index (Phi) is 6.79. The highest BCUT2D eigenvalue weighted by Gasteiger charge is 2.34. The average Bonchev–Trinajstić information content (AvgIpc) is 2.56. The largest absolute Gasteiger partial charge is 0.480 e. The molecule has 0 unspecified atom stereocenters. The monoisotopic (exact) mass is 368 g/mol. The molecular weight excluding hydrogens is 346 g/mol. The van der Waals surface area contributed by atoms with Crippen molar-refractivity contribution in [2.75, 3.05) is 13.1 Å². The number of rotatable bonds is 9. The van der Waals surface area contributed by atoms with Crippen molar-refractivity contribution < 1.29 is 28.3 Å². The number of carboxylic acid groups (broad SMARTS) is 1. The van der Waals surface area contributed by atoms with Crippen LogP contribution in [0.4, 0.5) is 8.78 Å². The normalized spacial score (nSPS) is 19.1. The molecule has 0 heterocycles. The minimum Gasteiger partial charge on any atom is -0.480 e. The number of nitrogens with one attached hydrogen (secondary N) is 1. The molecule has 26 heavy (non-hydrogen) atoms. The number of hydrogen-bond acceptors (Lipinski definition) is 4. The van der Waals surface area contributed by atoms with E-state index in [1.807, 2.05) is 11.8 Å². The number of hydrogen-bond donors (Lipinski definition) is 2. The first-order chi connectivity index (χ1) is 12.3. The molecule has 1 aliphatic carbocycles. The quantitative estimate of drug-likeness (QED) is 0.651. The van der Waals surface area contributed by atoms with E-state index in [0.29, 0.717) is 19.4 Å². The highest BCUT2D eigenvalue weighted by Crippen LogP contribution is 2.25. The third-order valence-corrected chi connectivity index (χ3v) is 4.56. The van der Waals surface area contributed by atoms with E-state index in [-0.39, 0.29) is 42.9 Å². The lowest BCUT2D eigenvalue weighted by atomic mass is 9.85. The van der Waals surface area contributed by atoms with Crippen LogP contribution in [0.25, 0.3) is 0 Å². The zero-order valence-corrected chi connectivity index (χ0v) is 14.5. The standard InChI is InChI=1S/C18H22F2N2O4/c1-2-22(10-18(25)26)13-8-12(9-13)21-17(24)6-5-16(23)11-3-4-14(19)15(20)7-11/h3-4,7,12-13H,2,5-6,8-10H2,1H3,(H,21,24)(H,25,26). The van der Waals surface area contributed by atoms with Crippen LogP contribution >= 0.6 is 0 Å². The van der Waals surface area contributed by atoms with E-state index in [4.69, 9.17) is 5.11 Å². The Bertz CT molecular complexity index is 690. The molecule has 0 saturated heterocycles. The summed E-state index contributed by atoms with van der Waals surface area (Å²) in [5.41, 5.74) is 0.0349. The third-order valence-electron chi connectivity index (χ3n) is 4.56. The summed E-state index contributed by atoms with van der Waals surface area (Å²) in [6.45, 7) is 2.49. The summed E-state index contributed by atoms with van der Waals surface area (Å²) in [5.74, 6) is -3.71. The number of carboxylic acids is 1. The lowest BCUT2D eigenvalue weighted by Gasteiger charge is -2.42. The van der Waals surface area contributed by atoms with Crippen molar-refractivity contribution in [2.45, 2.75) is 44.7 Å². The van der Waals surface area contributed by atoms with Crippen molar-refractivity contribution in [1.82, 2.24) is 10.2 Å². The van der Waals surface area contributed by atoms with E-state index in [2.05, 4.69) is 5.32 Å². The van der Waals surface area contributed by atoms with Gasteiger partial charge in [-0.3, -0.25) is 19.3 Å². The molecule has 0 atom stereocenters. The van der Waals surface area contributed by atoms with Gasteiger partial charge in [-0.05, 0) is 37.6 Å². The second-order valence-electron chi connectivity index (χ2n) is 6.40. The predicted molar refractivity (Wildman–Crippen MR) is 89.8 cm³/mol. The zero-order chi connectivity index (χ0) is 19.3. The highest BCUT2D eigenvalue weighted by molar-refractivity contribution is 5.97. The average molecular weight is 368 g/mol. The number of likely N-dealkylation sites (N-methyl/N-ethyl adjacent to an activating group) is 1. The van der Waals surface area contributed by atoms with Crippen LogP contribution in [0.5, 0.6) is 0 Å². The van der Waals surface area contributed by atoms with Gasteiger partial charge in [0.2, 0.25) is 5.91 Å². The number of aliphatic carboxylic acids is 1. The molecular formula is C18H22F2N2O4. The molecule has 0 radical (unpaired) electrons. The Morgan fingerprint density at radius 3 is 2.46 bits per heavy atom. The Labute approximate surface area is 150 Å². The van der Waals surface area contributed by atoms with Crippen molar-refractivity contribution in [2.24, 2.45) is 0 Å². The smallest absolute Gasteiger partial charge is 0.317 e. The molecule has 0 spiro atoms. The lowest BCUT2D eigenvalue weighted by Crippen LogP contribution is -2.54. The van der Waals surface area contributed by atoms with Gasteiger partial charge in [-0.15, -0.1) is 0 Å². The third kappa shape index (κ3) is 5.32. The van der Waals surface area contributed by atoms with E-state index >= 15 is 0 Å².